The van der Waals surface area contributed by atoms with Crippen molar-refractivity contribution < 1.29 is 4.79 Å². The highest BCUT2D eigenvalue weighted by Gasteiger charge is 2.24. The van der Waals surface area contributed by atoms with Gasteiger partial charge in [0.05, 0.1) is 6.04 Å². The third-order valence-corrected chi connectivity index (χ3v) is 3.54. The van der Waals surface area contributed by atoms with E-state index >= 15 is 0 Å². The van der Waals surface area contributed by atoms with E-state index < -0.39 is 0 Å². The van der Waals surface area contributed by atoms with Crippen LogP contribution in [0.1, 0.15) is 35.7 Å². The first-order chi connectivity index (χ1) is 9.26. The average molecular weight is 258 g/mol. The first-order valence-corrected chi connectivity index (χ1v) is 7.03. The highest BCUT2D eigenvalue weighted by Crippen LogP contribution is 2.18. The Morgan fingerprint density at radius 2 is 2.11 bits per heavy atom. The van der Waals surface area contributed by atoms with E-state index in [0.29, 0.717) is 6.54 Å². The molecule has 0 saturated carbocycles. The van der Waals surface area contributed by atoms with E-state index in [1.807, 2.05) is 29.2 Å². The summed E-state index contributed by atoms with van der Waals surface area (Å²) in [5, 5.41) is 0. The zero-order valence-corrected chi connectivity index (χ0v) is 11.5. The molecule has 2 N–H and O–H groups in total. The minimum atomic E-state index is 0.128. The molecule has 19 heavy (non-hydrogen) atoms. The summed E-state index contributed by atoms with van der Waals surface area (Å²) < 4.78 is 0. The molecular formula is C16H22N2O. The van der Waals surface area contributed by atoms with Crippen molar-refractivity contribution in [1.29, 1.82) is 0 Å². The van der Waals surface area contributed by atoms with Crippen molar-refractivity contribution in [3.8, 4) is 0 Å². The zero-order valence-electron chi connectivity index (χ0n) is 11.5. The fraction of sp³-hybridized carbons (Fsp3) is 0.438. The van der Waals surface area contributed by atoms with Crippen LogP contribution < -0.4 is 5.73 Å². The Kier molecular flexibility index (Phi) is 4.74. The van der Waals surface area contributed by atoms with E-state index in [-0.39, 0.29) is 11.9 Å². The highest BCUT2D eigenvalue weighted by atomic mass is 16.2. The van der Waals surface area contributed by atoms with Gasteiger partial charge < -0.3 is 10.6 Å². The molecule has 0 radical (unpaired) electrons. The van der Waals surface area contributed by atoms with Gasteiger partial charge in [0.25, 0.3) is 5.91 Å². The number of benzene rings is 1. The maximum Gasteiger partial charge on any atom is 0.254 e. The number of nitrogens with zero attached hydrogens (tertiary/aromatic N) is 1. The highest BCUT2D eigenvalue weighted by molar-refractivity contribution is 5.95. The Bertz CT molecular complexity index is 450. The Labute approximate surface area is 115 Å². The first-order valence-electron chi connectivity index (χ1n) is 7.03. The van der Waals surface area contributed by atoms with E-state index in [0.717, 1.165) is 31.4 Å². The second-order valence-corrected chi connectivity index (χ2v) is 4.98. The van der Waals surface area contributed by atoms with Crippen LogP contribution >= 0.6 is 0 Å². The zero-order chi connectivity index (χ0) is 13.7. The Morgan fingerprint density at radius 1 is 1.37 bits per heavy atom. The molecule has 1 heterocycles. The van der Waals surface area contributed by atoms with Gasteiger partial charge in [-0.15, -0.1) is 0 Å². The van der Waals surface area contributed by atoms with Gasteiger partial charge in [0.2, 0.25) is 0 Å². The predicted molar refractivity (Wildman–Crippen MR) is 78.1 cm³/mol. The smallest absolute Gasteiger partial charge is 0.254 e. The second-order valence-electron chi connectivity index (χ2n) is 4.98. The van der Waals surface area contributed by atoms with Gasteiger partial charge in [0.15, 0.2) is 0 Å². The van der Waals surface area contributed by atoms with Crippen LogP contribution in [0.2, 0.25) is 0 Å². The van der Waals surface area contributed by atoms with Gasteiger partial charge in [0.1, 0.15) is 0 Å². The number of nitrogens with two attached hydrogens (primary N) is 1. The standard InChI is InChI=1S/C16H22N2O/c1-2-4-15-5-3-12-18(15)16(19)14-8-6-13(7-9-14)10-11-17/h3,5-9,15H,2,4,10-12,17H2,1H3/t15-/m0/s1. The average Bonchev–Trinajstić information content (AvgIpc) is 2.88. The number of hydrogen-bond acceptors (Lipinski definition) is 2. The van der Waals surface area contributed by atoms with Gasteiger partial charge in [-0.25, -0.2) is 0 Å². The van der Waals surface area contributed by atoms with E-state index in [2.05, 4.69) is 19.1 Å². The van der Waals surface area contributed by atoms with Crippen molar-refractivity contribution >= 4 is 5.91 Å². The Balaban J connectivity index is 2.06. The molecule has 1 aliphatic rings. The molecule has 2 rings (SSSR count). The lowest BCUT2D eigenvalue weighted by Gasteiger charge is -2.24. The van der Waals surface area contributed by atoms with E-state index in [9.17, 15) is 4.79 Å². The van der Waals surface area contributed by atoms with E-state index in [4.69, 9.17) is 5.73 Å². The summed E-state index contributed by atoms with van der Waals surface area (Å²) in [6, 6.07) is 8.08. The topological polar surface area (TPSA) is 46.3 Å². The van der Waals surface area contributed by atoms with Crippen LogP contribution in [0.4, 0.5) is 0 Å². The molecule has 102 valence electrons. The Hall–Kier alpha value is -1.61. The monoisotopic (exact) mass is 258 g/mol. The van der Waals surface area contributed by atoms with Gasteiger partial charge in [-0.1, -0.05) is 37.6 Å². The Morgan fingerprint density at radius 3 is 2.74 bits per heavy atom. The molecule has 0 unspecified atom stereocenters. The maximum atomic E-state index is 12.5. The molecule has 1 aromatic carbocycles. The van der Waals surface area contributed by atoms with Gasteiger partial charge >= 0.3 is 0 Å². The summed E-state index contributed by atoms with van der Waals surface area (Å²) in [5.74, 6) is 0.128. The molecule has 1 atom stereocenters. The molecule has 1 amide bonds. The number of amides is 1. The summed E-state index contributed by atoms with van der Waals surface area (Å²) in [5.41, 5.74) is 7.48. The molecule has 0 saturated heterocycles. The maximum absolute atomic E-state index is 12.5. The van der Waals surface area contributed by atoms with Crippen molar-refractivity contribution in [1.82, 2.24) is 4.90 Å². The third-order valence-electron chi connectivity index (χ3n) is 3.54. The van der Waals surface area contributed by atoms with Crippen LogP contribution in [0.3, 0.4) is 0 Å². The fourth-order valence-corrected chi connectivity index (χ4v) is 2.50. The summed E-state index contributed by atoms with van der Waals surface area (Å²) in [6.45, 7) is 3.52. The fourth-order valence-electron chi connectivity index (χ4n) is 2.50. The predicted octanol–water partition coefficient (Wildman–Crippen LogP) is 2.37. The van der Waals surface area contributed by atoms with Crippen molar-refractivity contribution in [2.45, 2.75) is 32.2 Å². The van der Waals surface area contributed by atoms with Crippen LogP contribution in [0.25, 0.3) is 0 Å². The van der Waals surface area contributed by atoms with Crippen LogP contribution in [0.5, 0.6) is 0 Å². The minimum Gasteiger partial charge on any atom is -0.330 e. The second kappa shape index (κ2) is 6.53. The van der Waals surface area contributed by atoms with E-state index in [1.165, 1.54) is 5.56 Å². The summed E-state index contributed by atoms with van der Waals surface area (Å²) in [6.07, 6.45) is 7.21. The number of carbonyl (C=O) groups is 1. The summed E-state index contributed by atoms with van der Waals surface area (Å²) in [4.78, 5) is 14.4. The number of carbonyl (C=O) groups excluding carboxylic acids is 1. The third kappa shape index (κ3) is 3.24. The molecule has 1 aromatic rings. The minimum absolute atomic E-state index is 0.128. The summed E-state index contributed by atoms with van der Waals surface area (Å²) in [7, 11) is 0. The number of hydrogen-bond donors (Lipinski definition) is 1. The van der Waals surface area contributed by atoms with Crippen LogP contribution in [-0.2, 0) is 6.42 Å². The van der Waals surface area contributed by atoms with Crippen LogP contribution in [-0.4, -0.2) is 29.9 Å². The quantitative estimate of drug-likeness (QED) is 0.824. The largest absolute Gasteiger partial charge is 0.330 e. The molecule has 0 spiro atoms. The van der Waals surface area contributed by atoms with Gasteiger partial charge in [0, 0.05) is 12.1 Å². The van der Waals surface area contributed by atoms with Crippen molar-refractivity contribution in [2.75, 3.05) is 13.1 Å². The molecule has 0 fully saturated rings. The molecule has 0 aromatic heterocycles. The lowest BCUT2D eigenvalue weighted by atomic mass is 10.1. The van der Waals surface area contributed by atoms with Gasteiger partial charge in [-0.2, -0.15) is 0 Å². The van der Waals surface area contributed by atoms with E-state index in [1.54, 1.807) is 0 Å². The van der Waals surface area contributed by atoms with Crippen LogP contribution in [0, 0.1) is 0 Å². The molecule has 1 aliphatic heterocycles. The lowest BCUT2D eigenvalue weighted by molar-refractivity contribution is 0.0744. The SMILES string of the molecule is CCC[C@H]1C=CCN1C(=O)c1ccc(CCN)cc1. The van der Waals surface area contributed by atoms with Crippen molar-refractivity contribution in [3.05, 3.63) is 47.5 Å². The molecule has 3 nitrogen and oxygen atoms in total. The van der Waals surface area contributed by atoms with Crippen molar-refractivity contribution in [2.24, 2.45) is 5.73 Å². The molecule has 3 heteroatoms. The summed E-state index contributed by atoms with van der Waals surface area (Å²) >= 11 is 0. The van der Waals surface area contributed by atoms with Crippen LogP contribution in [0.15, 0.2) is 36.4 Å². The number of rotatable bonds is 5. The first kappa shape index (κ1) is 13.8. The van der Waals surface area contributed by atoms with Gasteiger partial charge in [-0.05, 0) is 37.1 Å². The van der Waals surface area contributed by atoms with Crippen molar-refractivity contribution in [3.63, 3.8) is 0 Å². The van der Waals surface area contributed by atoms with Gasteiger partial charge in [-0.3, -0.25) is 4.79 Å². The lowest BCUT2D eigenvalue weighted by Crippen LogP contribution is -2.35. The molecular weight excluding hydrogens is 236 g/mol. The normalized spacial score (nSPS) is 18.0. The molecule has 0 aliphatic carbocycles. The molecule has 0 bridgehead atoms.